The Hall–Kier alpha value is -2.34. The average Bonchev–Trinajstić information content (AvgIpc) is 3.01. The number of benzene rings is 1. The topological polar surface area (TPSA) is 133 Å². The summed E-state index contributed by atoms with van der Waals surface area (Å²) in [4.78, 5) is 39.8. The molecular weight excluding hydrogens is 622 g/mol. The van der Waals surface area contributed by atoms with Crippen molar-refractivity contribution in [1.82, 2.24) is 14.9 Å². The summed E-state index contributed by atoms with van der Waals surface area (Å²) in [5.74, 6) is -0.919. The van der Waals surface area contributed by atoms with Gasteiger partial charge < -0.3 is 15.3 Å². The number of aliphatic hydroxyl groups is 1. The first-order valence-electron chi connectivity index (χ1n) is 15.5. The van der Waals surface area contributed by atoms with E-state index in [1.807, 2.05) is 11.6 Å². The zero-order valence-electron chi connectivity index (χ0n) is 25.6. The van der Waals surface area contributed by atoms with Crippen molar-refractivity contribution >= 4 is 57.5 Å². The number of nitrogens with one attached hydrogen (secondary N) is 2. The Labute approximate surface area is 272 Å². The fourth-order valence-corrected chi connectivity index (χ4v) is 7.90. The highest BCUT2D eigenvalue weighted by molar-refractivity contribution is 7.93. The Kier molecular flexibility index (Phi) is 13.8. The van der Waals surface area contributed by atoms with Gasteiger partial charge in [-0.2, -0.15) is 12.6 Å². The minimum atomic E-state index is -4.56. The lowest BCUT2D eigenvalue weighted by molar-refractivity contribution is -0.131. The maximum atomic E-state index is 13.6. The number of hydrogen-bond donors (Lipinski definition) is 4. The Morgan fingerprint density at radius 2 is 1.80 bits per heavy atom. The van der Waals surface area contributed by atoms with Crippen molar-refractivity contribution in [2.75, 3.05) is 19.6 Å². The molecule has 44 heavy (non-hydrogen) atoms. The first-order chi connectivity index (χ1) is 20.9. The molecule has 3 rings (SSSR count). The largest absolute Gasteiger partial charge is 0.384 e. The standard InChI is InChI=1S/C32H46ClN3O6S2/c1-3-4-15-30(39)36(19-18-29(38)34-21-28(43)26-13-9-6-10-14-26)22-24-16-17-27(25-11-7-5-8-12-25)32(33,20-24)44(41,42)35-31(40)23(2)37/h5,7-8,11-12,16-17,23,26,28,37,43H,3-4,6,9-10,13-15,18-22H2,1-2H3,(H,34,38)(H,35,40)/t23-,28+,32?/m0/s1. The third-order valence-electron chi connectivity index (χ3n) is 8.27. The molecule has 0 spiro atoms. The average molecular weight is 668 g/mol. The van der Waals surface area contributed by atoms with E-state index in [2.05, 4.69) is 5.32 Å². The molecule has 2 aliphatic rings. The number of amides is 3. The molecule has 0 bridgehead atoms. The predicted molar refractivity (Wildman–Crippen MR) is 178 cm³/mol. The zero-order valence-corrected chi connectivity index (χ0v) is 28.1. The van der Waals surface area contributed by atoms with Crippen LogP contribution in [0.25, 0.3) is 5.57 Å². The molecule has 1 aromatic carbocycles. The van der Waals surface area contributed by atoms with E-state index in [0.717, 1.165) is 26.2 Å². The summed E-state index contributed by atoms with van der Waals surface area (Å²) in [5.41, 5.74) is 1.36. The minimum absolute atomic E-state index is 0.0694. The SMILES string of the molecule is CCCCC(=O)N(CCC(=O)NC[C@@H](S)C1CCCCC1)CC1=CC=C(c2ccccc2)C(Cl)(S(=O)(=O)NC(=O)[C@H](C)O)C1. The number of sulfonamides is 1. The van der Waals surface area contributed by atoms with E-state index < -0.39 is 26.2 Å². The third-order valence-corrected chi connectivity index (χ3v) is 11.5. The van der Waals surface area contributed by atoms with E-state index in [-0.39, 0.29) is 48.6 Å². The van der Waals surface area contributed by atoms with Crippen molar-refractivity contribution in [1.29, 1.82) is 0 Å². The summed E-state index contributed by atoms with van der Waals surface area (Å²) in [6.45, 7) is 3.84. The summed E-state index contributed by atoms with van der Waals surface area (Å²) in [7, 11) is -4.56. The van der Waals surface area contributed by atoms with E-state index >= 15 is 0 Å². The van der Waals surface area contributed by atoms with Crippen LogP contribution in [0.15, 0.2) is 48.1 Å². The number of unbranched alkanes of at least 4 members (excludes halogenated alkanes) is 1. The molecule has 0 aromatic heterocycles. The number of nitrogens with zero attached hydrogens (tertiary/aromatic N) is 1. The van der Waals surface area contributed by atoms with Crippen molar-refractivity contribution in [3.63, 3.8) is 0 Å². The van der Waals surface area contributed by atoms with Gasteiger partial charge >= 0.3 is 0 Å². The number of thiol groups is 1. The van der Waals surface area contributed by atoms with Crippen LogP contribution in [0.2, 0.25) is 0 Å². The number of aliphatic hydroxyl groups excluding tert-OH is 1. The zero-order chi connectivity index (χ0) is 32.3. The Balaban J connectivity index is 1.78. The van der Waals surface area contributed by atoms with Gasteiger partial charge in [-0.15, -0.1) is 0 Å². The van der Waals surface area contributed by atoms with E-state index in [4.69, 9.17) is 24.2 Å². The molecule has 244 valence electrons. The first-order valence-corrected chi connectivity index (χ1v) is 17.9. The van der Waals surface area contributed by atoms with Crippen LogP contribution in [0.3, 0.4) is 0 Å². The van der Waals surface area contributed by atoms with Gasteiger partial charge in [-0.25, -0.2) is 13.1 Å². The second kappa shape index (κ2) is 16.8. The van der Waals surface area contributed by atoms with E-state index in [1.54, 1.807) is 47.4 Å². The number of allylic oxidation sites excluding steroid dienone is 2. The molecule has 1 fully saturated rings. The third kappa shape index (κ3) is 9.83. The van der Waals surface area contributed by atoms with Crippen molar-refractivity contribution in [2.24, 2.45) is 5.92 Å². The van der Waals surface area contributed by atoms with Gasteiger partial charge in [0, 0.05) is 44.1 Å². The molecule has 1 saturated carbocycles. The van der Waals surface area contributed by atoms with Gasteiger partial charge in [0.25, 0.3) is 15.9 Å². The van der Waals surface area contributed by atoms with Crippen LogP contribution in [0, 0.1) is 5.92 Å². The minimum Gasteiger partial charge on any atom is -0.384 e. The van der Waals surface area contributed by atoms with E-state index in [0.29, 0.717) is 36.4 Å². The molecule has 0 aliphatic heterocycles. The first kappa shape index (κ1) is 36.1. The number of halogens is 1. The summed E-state index contributed by atoms with van der Waals surface area (Å²) < 4.78 is 27.0. The molecule has 0 heterocycles. The Morgan fingerprint density at radius 3 is 2.43 bits per heavy atom. The van der Waals surface area contributed by atoms with Crippen molar-refractivity contribution < 1.29 is 27.9 Å². The van der Waals surface area contributed by atoms with Crippen LogP contribution < -0.4 is 10.0 Å². The fraction of sp³-hybridized carbons (Fsp3) is 0.594. The van der Waals surface area contributed by atoms with Crippen LogP contribution in [0.4, 0.5) is 0 Å². The number of carbonyl (C=O) groups excluding carboxylic acids is 3. The monoisotopic (exact) mass is 667 g/mol. The molecule has 1 unspecified atom stereocenters. The molecule has 2 aliphatic carbocycles. The lowest BCUT2D eigenvalue weighted by Gasteiger charge is -2.35. The summed E-state index contributed by atoms with van der Waals surface area (Å²) >= 11 is 11.7. The molecule has 3 amide bonds. The predicted octanol–water partition coefficient (Wildman–Crippen LogP) is 4.57. The lowest BCUT2D eigenvalue weighted by atomic mass is 9.86. The highest BCUT2D eigenvalue weighted by Crippen LogP contribution is 2.45. The van der Waals surface area contributed by atoms with Gasteiger partial charge in [-0.05, 0) is 48.8 Å². The highest BCUT2D eigenvalue weighted by atomic mass is 35.5. The summed E-state index contributed by atoms with van der Waals surface area (Å²) in [6, 6.07) is 8.72. The highest BCUT2D eigenvalue weighted by Gasteiger charge is 2.49. The fourth-order valence-electron chi connectivity index (χ4n) is 5.60. The number of hydrogen-bond acceptors (Lipinski definition) is 7. The lowest BCUT2D eigenvalue weighted by Crippen LogP contribution is -2.49. The summed E-state index contributed by atoms with van der Waals surface area (Å²) in [5, 5.41) is 12.7. The molecule has 0 saturated heterocycles. The molecule has 3 N–H and O–H groups in total. The van der Waals surface area contributed by atoms with Crippen LogP contribution in [-0.4, -0.2) is 71.3 Å². The van der Waals surface area contributed by atoms with Gasteiger partial charge in [0.2, 0.25) is 11.8 Å². The number of rotatable bonds is 15. The molecular formula is C32H46ClN3O6S2. The summed E-state index contributed by atoms with van der Waals surface area (Å²) in [6.07, 6.45) is 9.33. The van der Waals surface area contributed by atoms with E-state index in [9.17, 15) is 27.9 Å². The Morgan fingerprint density at radius 1 is 1.11 bits per heavy atom. The van der Waals surface area contributed by atoms with Crippen molar-refractivity contribution in [2.45, 2.75) is 93.6 Å². The van der Waals surface area contributed by atoms with Crippen molar-refractivity contribution in [3.05, 3.63) is 53.6 Å². The van der Waals surface area contributed by atoms with Crippen LogP contribution in [0.5, 0.6) is 0 Å². The maximum Gasteiger partial charge on any atom is 0.262 e. The van der Waals surface area contributed by atoms with Gasteiger partial charge in [0.05, 0.1) is 0 Å². The van der Waals surface area contributed by atoms with Gasteiger partial charge in [-0.1, -0.05) is 86.7 Å². The van der Waals surface area contributed by atoms with E-state index in [1.165, 1.54) is 19.3 Å². The molecule has 0 radical (unpaired) electrons. The Bertz CT molecular complexity index is 1310. The quantitative estimate of drug-likeness (QED) is 0.160. The molecule has 1 aromatic rings. The smallest absolute Gasteiger partial charge is 0.262 e. The number of carbonyl (C=O) groups is 3. The van der Waals surface area contributed by atoms with Crippen LogP contribution in [0.1, 0.15) is 83.6 Å². The molecule has 3 atom stereocenters. The number of alkyl halides is 1. The van der Waals surface area contributed by atoms with Gasteiger partial charge in [-0.3, -0.25) is 14.4 Å². The van der Waals surface area contributed by atoms with Gasteiger partial charge in [0.1, 0.15) is 6.10 Å². The second-order valence-corrected chi connectivity index (χ2v) is 15.2. The molecule has 9 nitrogen and oxygen atoms in total. The van der Waals surface area contributed by atoms with Crippen LogP contribution in [-0.2, 0) is 24.4 Å². The molecule has 12 heteroatoms. The maximum absolute atomic E-state index is 13.6. The normalized spacial score (nSPS) is 20.6. The van der Waals surface area contributed by atoms with Crippen molar-refractivity contribution in [3.8, 4) is 0 Å². The second-order valence-electron chi connectivity index (χ2n) is 11.8. The van der Waals surface area contributed by atoms with Gasteiger partial charge in [0.15, 0.2) is 4.21 Å². The van der Waals surface area contributed by atoms with Crippen LogP contribution >= 0.6 is 24.2 Å².